The molecular formula is C16H21BrN2O2. The third-order valence-electron chi connectivity index (χ3n) is 3.53. The molecule has 1 aromatic carbocycles. The van der Waals surface area contributed by atoms with E-state index < -0.39 is 0 Å². The number of hydrazone groups is 1. The van der Waals surface area contributed by atoms with Gasteiger partial charge >= 0.3 is 0 Å². The van der Waals surface area contributed by atoms with E-state index in [2.05, 4.69) is 33.4 Å². The molecule has 4 nitrogen and oxygen atoms in total. The summed E-state index contributed by atoms with van der Waals surface area (Å²) in [7, 11) is 0. The predicted octanol–water partition coefficient (Wildman–Crippen LogP) is 3.82. The summed E-state index contributed by atoms with van der Waals surface area (Å²) >= 11 is 3.42. The van der Waals surface area contributed by atoms with Crippen LogP contribution in [0.15, 0.2) is 27.8 Å². The van der Waals surface area contributed by atoms with Crippen LogP contribution in [0.5, 0.6) is 5.75 Å². The molecular weight excluding hydrogens is 332 g/mol. The van der Waals surface area contributed by atoms with Gasteiger partial charge in [-0.3, -0.25) is 4.79 Å². The van der Waals surface area contributed by atoms with Crippen LogP contribution in [0.1, 0.15) is 38.2 Å². The minimum atomic E-state index is -0.229. The second kappa shape index (κ2) is 7.59. The first-order valence-electron chi connectivity index (χ1n) is 7.28. The summed E-state index contributed by atoms with van der Waals surface area (Å²) in [5.74, 6) is 1.09. The van der Waals surface area contributed by atoms with Gasteiger partial charge in [-0.1, -0.05) is 13.0 Å². The van der Waals surface area contributed by atoms with Crippen molar-refractivity contribution in [2.75, 3.05) is 6.61 Å². The number of nitrogens with one attached hydrogen (secondary N) is 1. The molecule has 1 unspecified atom stereocenters. The van der Waals surface area contributed by atoms with Crippen LogP contribution in [0.2, 0.25) is 0 Å². The molecule has 21 heavy (non-hydrogen) atoms. The topological polar surface area (TPSA) is 50.7 Å². The van der Waals surface area contributed by atoms with Gasteiger partial charge in [-0.15, -0.1) is 0 Å². The van der Waals surface area contributed by atoms with E-state index >= 15 is 0 Å². The molecule has 1 aliphatic carbocycles. The second-order valence-electron chi connectivity index (χ2n) is 5.64. The van der Waals surface area contributed by atoms with E-state index in [0.29, 0.717) is 11.7 Å². The monoisotopic (exact) mass is 352 g/mol. The Morgan fingerprint density at radius 1 is 1.52 bits per heavy atom. The van der Waals surface area contributed by atoms with Gasteiger partial charge in [-0.25, -0.2) is 5.43 Å². The molecule has 2 rings (SSSR count). The van der Waals surface area contributed by atoms with Crippen LogP contribution in [0.4, 0.5) is 0 Å². The summed E-state index contributed by atoms with van der Waals surface area (Å²) in [5, 5.41) is 4.21. The molecule has 1 N–H and O–H groups in total. The van der Waals surface area contributed by atoms with E-state index in [1.54, 1.807) is 0 Å². The fourth-order valence-corrected chi connectivity index (χ4v) is 3.01. The van der Waals surface area contributed by atoms with Gasteiger partial charge in [0.2, 0.25) is 0 Å². The highest BCUT2D eigenvalue weighted by atomic mass is 79.9. The molecule has 0 bridgehead atoms. The van der Waals surface area contributed by atoms with Crippen molar-refractivity contribution in [3.05, 3.63) is 28.2 Å². The molecule has 1 aromatic rings. The zero-order chi connectivity index (χ0) is 15.2. The third-order valence-corrected chi connectivity index (χ3v) is 4.15. The number of amides is 1. The zero-order valence-electron chi connectivity index (χ0n) is 12.5. The maximum absolute atomic E-state index is 11.8. The summed E-state index contributed by atoms with van der Waals surface area (Å²) in [6.07, 6.45) is 4.36. The summed E-state index contributed by atoms with van der Waals surface area (Å²) in [4.78, 5) is 11.8. The van der Waals surface area contributed by atoms with Crippen LogP contribution in [0.25, 0.3) is 0 Å². The maximum atomic E-state index is 11.8. The Balaban J connectivity index is 1.80. The van der Waals surface area contributed by atoms with Crippen molar-refractivity contribution >= 4 is 27.5 Å². The molecule has 1 saturated carbocycles. The molecule has 0 saturated heterocycles. The summed E-state index contributed by atoms with van der Waals surface area (Å²) in [6.45, 7) is 4.19. The van der Waals surface area contributed by atoms with Crippen molar-refractivity contribution < 1.29 is 9.53 Å². The molecule has 0 heterocycles. The summed E-state index contributed by atoms with van der Waals surface area (Å²) in [6, 6.07) is 5.75. The minimum Gasteiger partial charge on any atom is -0.483 e. The third kappa shape index (κ3) is 5.16. The van der Waals surface area contributed by atoms with Gasteiger partial charge in [0.15, 0.2) is 6.61 Å². The highest BCUT2D eigenvalue weighted by molar-refractivity contribution is 9.10. The number of benzene rings is 1. The molecule has 1 fully saturated rings. The van der Waals surface area contributed by atoms with Gasteiger partial charge in [-0.2, -0.15) is 5.10 Å². The first-order valence-corrected chi connectivity index (χ1v) is 8.07. The number of carbonyl (C=O) groups is 1. The van der Waals surface area contributed by atoms with E-state index in [1.807, 2.05) is 25.1 Å². The van der Waals surface area contributed by atoms with Crippen molar-refractivity contribution in [3.63, 3.8) is 0 Å². The number of hydrogen-bond donors (Lipinski definition) is 1. The Morgan fingerprint density at radius 3 is 3.05 bits per heavy atom. The number of carbonyl (C=O) groups excluding carboxylic acids is 1. The fourth-order valence-electron chi connectivity index (χ4n) is 2.40. The van der Waals surface area contributed by atoms with E-state index in [4.69, 9.17) is 4.74 Å². The first-order chi connectivity index (χ1) is 10.0. The van der Waals surface area contributed by atoms with Crippen molar-refractivity contribution in [1.29, 1.82) is 0 Å². The Hall–Kier alpha value is -1.36. The van der Waals surface area contributed by atoms with Gasteiger partial charge in [-0.05, 0) is 72.2 Å². The molecule has 0 aromatic heterocycles. The van der Waals surface area contributed by atoms with E-state index in [9.17, 15) is 4.79 Å². The number of halogens is 1. The lowest BCUT2D eigenvalue weighted by Crippen LogP contribution is -2.27. The van der Waals surface area contributed by atoms with Gasteiger partial charge in [0.05, 0.1) is 4.47 Å². The Kier molecular flexibility index (Phi) is 5.79. The molecule has 1 atom stereocenters. The molecule has 0 radical (unpaired) electrons. The quantitative estimate of drug-likeness (QED) is 0.837. The zero-order valence-corrected chi connectivity index (χ0v) is 14.1. The van der Waals surface area contributed by atoms with E-state index in [-0.39, 0.29) is 12.5 Å². The molecule has 114 valence electrons. The number of rotatable bonds is 4. The highest BCUT2D eigenvalue weighted by Gasteiger charge is 2.14. The summed E-state index contributed by atoms with van der Waals surface area (Å²) < 4.78 is 6.34. The first kappa shape index (κ1) is 16.0. The molecule has 1 aliphatic rings. The van der Waals surface area contributed by atoms with Gasteiger partial charge in [0.1, 0.15) is 5.75 Å². The average Bonchev–Trinajstić information content (AvgIpc) is 2.44. The van der Waals surface area contributed by atoms with Crippen molar-refractivity contribution in [2.45, 2.75) is 39.5 Å². The molecule has 1 amide bonds. The molecule has 0 aliphatic heterocycles. The van der Waals surface area contributed by atoms with Crippen LogP contribution < -0.4 is 10.2 Å². The Labute approximate surface area is 134 Å². The summed E-state index contributed by atoms with van der Waals surface area (Å²) in [5.41, 5.74) is 4.80. The van der Waals surface area contributed by atoms with Crippen LogP contribution in [-0.2, 0) is 4.79 Å². The number of nitrogens with zero attached hydrogens (tertiary/aromatic N) is 1. The average molecular weight is 353 g/mol. The number of hydrogen-bond acceptors (Lipinski definition) is 3. The lowest BCUT2D eigenvalue weighted by atomic mass is 9.89. The normalized spacial score (nSPS) is 20.3. The van der Waals surface area contributed by atoms with E-state index in [1.165, 1.54) is 6.42 Å². The predicted molar refractivity (Wildman–Crippen MR) is 87.6 cm³/mol. The lowest BCUT2D eigenvalue weighted by molar-refractivity contribution is -0.123. The number of ether oxygens (including phenoxy) is 1. The van der Waals surface area contributed by atoms with Gasteiger partial charge < -0.3 is 4.74 Å². The van der Waals surface area contributed by atoms with Crippen LogP contribution >= 0.6 is 15.9 Å². The van der Waals surface area contributed by atoms with Crippen LogP contribution in [0, 0.1) is 12.8 Å². The number of aryl methyl sites for hydroxylation is 1. The smallest absolute Gasteiger partial charge is 0.277 e. The highest BCUT2D eigenvalue weighted by Crippen LogP contribution is 2.25. The van der Waals surface area contributed by atoms with Crippen molar-refractivity contribution in [3.8, 4) is 5.75 Å². The molecule has 5 heteroatoms. The van der Waals surface area contributed by atoms with E-state index in [0.717, 1.165) is 35.0 Å². The Morgan fingerprint density at radius 2 is 2.33 bits per heavy atom. The van der Waals surface area contributed by atoms with Crippen LogP contribution in [0.3, 0.4) is 0 Å². The van der Waals surface area contributed by atoms with Gasteiger partial charge in [0, 0.05) is 5.71 Å². The SMILES string of the molecule is Cc1ccc(OCC(=O)NN=C2CCCC(C)C2)c(Br)c1. The largest absolute Gasteiger partial charge is 0.483 e. The minimum absolute atomic E-state index is 0.0337. The fraction of sp³-hybridized carbons (Fsp3) is 0.500. The maximum Gasteiger partial charge on any atom is 0.277 e. The van der Waals surface area contributed by atoms with Gasteiger partial charge in [0.25, 0.3) is 5.91 Å². The van der Waals surface area contributed by atoms with Crippen molar-refractivity contribution in [2.24, 2.45) is 11.0 Å². The Bertz CT molecular complexity index is 543. The van der Waals surface area contributed by atoms with Crippen LogP contribution in [-0.4, -0.2) is 18.2 Å². The molecule has 0 spiro atoms. The second-order valence-corrected chi connectivity index (χ2v) is 6.49. The van der Waals surface area contributed by atoms with Crippen molar-refractivity contribution in [1.82, 2.24) is 5.43 Å². The lowest BCUT2D eigenvalue weighted by Gasteiger charge is -2.18. The standard InChI is InChI=1S/C16H21BrN2O2/c1-11-4-3-5-13(8-11)18-19-16(20)10-21-15-7-6-12(2)9-14(15)17/h6-7,9,11H,3-5,8,10H2,1-2H3,(H,19,20).